The van der Waals surface area contributed by atoms with Crippen molar-refractivity contribution in [3.8, 4) is 11.3 Å². The third kappa shape index (κ3) is 3.97. The number of rotatable bonds is 6. The number of thiophene rings is 1. The molecule has 0 aliphatic heterocycles. The summed E-state index contributed by atoms with van der Waals surface area (Å²) in [5, 5.41) is 11.4. The first-order chi connectivity index (χ1) is 16.3. The number of hydrogen-bond acceptors (Lipinski definition) is 7. The van der Waals surface area contributed by atoms with E-state index in [1.807, 2.05) is 44.2 Å². The molecule has 0 amide bonds. The summed E-state index contributed by atoms with van der Waals surface area (Å²) in [6.07, 6.45) is 0.505. The van der Waals surface area contributed by atoms with Crippen LogP contribution in [0.4, 0.5) is 0 Å². The second-order valence-corrected chi connectivity index (χ2v) is 9.12. The van der Waals surface area contributed by atoms with Gasteiger partial charge in [0, 0.05) is 24.8 Å². The first-order valence-electron chi connectivity index (χ1n) is 10.9. The SMILES string of the molecule is CCOC(=O)c1c(C(O)c2ccc(-c3ccccn3)cc2)sc2c1c(=O)n(C)c(=O)n2C(C)C. The van der Waals surface area contributed by atoms with Crippen LogP contribution < -0.4 is 11.2 Å². The van der Waals surface area contributed by atoms with Crippen LogP contribution in [0.3, 0.4) is 0 Å². The second kappa shape index (κ2) is 9.36. The zero-order valence-corrected chi connectivity index (χ0v) is 20.1. The fourth-order valence-corrected chi connectivity index (χ4v) is 5.30. The largest absolute Gasteiger partial charge is 0.462 e. The van der Waals surface area contributed by atoms with Gasteiger partial charge in [-0.15, -0.1) is 11.3 Å². The molecule has 9 heteroatoms. The van der Waals surface area contributed by atoms with E-state index >= 15 is 0 Å². The molecule has 3 aromatic heterocycles. The van der Waals surface area contributed by atoms with Gasteiger partial charge in [0.1, 0.15) is 10.9 Å². The Balaban J connectivity index is 1.92. The zero-order chi connectivity index (χ0) is 24.6. The van der Waals surface area contributed by atoms with Gasteiger partial charge in [-0.25, -0.2) is 9.59 Å². The molecule has 4 aromatic rings. The molecular formula is C25H25N3O5S. The Kier molecular flexibility index (Phi) is 6.49. The van der Waals surface area contributed by atoms with E-state index in [0.717, 1.165) is 27.2 Å². The summed E-state index contributed by atoms with van der Waals surface area (Å²) in [6.45, 7) is 5.42. The number of carbonyl (C=O) groups is 1. The van der Waals surface area contributed by atoms with Gasteiger partial charge in [0.25, 0.3) is 5.56 Å². The molecule has 1 unspecified atom stereocenters. The minimum Gasteiger partial charge on any atom is -0.462 e. The Morgan fingerprint density at radius 2 is 1.85 bits per heavy atom. The highest BCUT2D eigenvalue weighted by Gasteiger charge is 2.30. The molecule has 3 heterocycles. The summed E-state index contributed by atoms with van der Waals surface area (Å²) in [5.74, 6) is -0.709. The molecule has 0 saturated carbocycles. The Morgan fingerprint density at radius 1 is 1.15 bits per heavy atom. The number of aromatic nitrogens is 3. The lowest BCUT2D eigenvalue weighted by atomic mass is 10.0. The standard InChI is InChI=1S/C25H25N3O5S/c1-5-33-24(31)18-19-22(30)27(4)25(32)28(14(2)3)23(19)34-21(18)20(29)16-11-9-15(10-12-16)17-8-6-7-13-26-17/h6-14,20,29H,5H2,1-4H3. The number of ether oxygens (including phenoxy) is 1. The molecule has 1 N–H and O–H groups in total. The number of aliphatic hydroxyl groups excluding tert-OH is 1. The quantitative estimate of drug-likeness (QED) is 0.423. The average Bonchev–Trinajstić information content (AvgIpc) is 3.23. The maximum absolute atomic E-state index is 13.1. The van der Waals surface area contributed by atoms with Gasteiger partial charge in [-0.05, 0) is 38.5 Å². The predicted molar refractivity (Wildman–Crippen MR) is 131 cm³/mol. The van der Waals surface area contributed by atoms with Crippen molar-refractivity contribution in [2.24, 2.45) is 7.05 Å². The fraction of sp³-hybridized carbons (Fsp3) is 0.280. The zero-order valence-electron chi connectivity index (χ0n) is 19.3. The van der Waals surface area contributed by atoms with Crippen LogP contribution in [0.15, 0.2) is 58.3 Å². The van der Waals surface area contributed by atoms with Crippen LogP contribution in [0, 0.1) is 0 Å². The van der Waals surface area contributed by atoms with Crippen LogP contribution in [0.2, 0.25) is 0 Å². The molecular weight excluding hydrogens is 454 g/mol. The molecule has 0 saturated heterocycles. The third-order valence-corrected chi connectivity index (χ3v) is 6.82. The van der Waals surface area contributed by atoms with Gasteiger partial charge >= 0.3 is 11.7 Å². The Bertz CT molecular complexity index is 1470. The van der Waals surface area contributed by atoms with E-state index in [4.69, 9.17) is 4.74 Å². The minimum atomic E-state index is -1.20. The van der Waals surface area contributed by atoms with E-state index in [0.29, 0.717) is 10.4 Å². The highest BCUT2D eigenvalue weighted by atomic mass is 32.1. The average molecular weight is 480 g/mol. The smallest absolute Gasteiger partial charge is 0.340 e. The molecule has 0 bridgehead atoms. The van der Waals surface area contributed by atoms with Crippen molar-refractivity contribution >= 4 is 27.5 Å². The number of benzene rings is 1. The first kappa shape index (κ1) is 23.6. The number of fused-ring (bicyclic) bond motifs is 1. The third-order valence-electron chi connectivity index (χ3n) is 5.58. The maximum Gasteiger partial charge on any atom is 0.340 e. The minimum absolute atomic E-state index is 0.00171. The normalized spacial score (nSPS) is 12.3. The molecule has 4 rings (SSSR count). The second-order valence-electron chi connectivity index (χ2n) is 8.09. The van der Waals surface area contributed by atoms with E-state index in [1.54, 1.807) is 25.3 Å². The number of carbonyl (C=O) groups excluding carboxylic acids is 1. The highest BCUT2D eigenvalue weighted by Crippen LogP contribution is 2.37. The van der Waals surface area contributed by atoms with Crippen molar-refractivity contribution < 1.29 is 14.6 Å². The van der Waals surface area contributed by atoms with Crippen molar-refractivity contribution in [1.82, 2.24) is 14.1 Å². The van der Waals surface area contributed by atoms with Gasteiger partial charge in [0.2, 0.25) is 0 Å². The molecule has 0 spiro atoms. The molecule has 0 aliphatic carbocycles. The van der Waals surface area contributed by atoms with Crippen molar-refractivity contribution in [3.05, 3.63) is 85.5 Å². The van der Waals surface area contributed by atoms with E-state index in [1.165, 1.54) is 11.6 Å². The molecule has 8 nitrogen and oxygen atoms in total. The van der Waals surface area contributed by atoms with Crippen molar-refractivity contribution in [2.75, 3.05) is 6.61 Å². The Morgan fingerprint density at radius 3 is 2.44 bits per heavy atom. The Labute approximate surface area is 199 Å². The summed E-state index contributed by atoms with van der Waals surface area (Å²) in [5.41, 5.74) is 1.12. The summed E-state index contributed by atoms with van der Waals surface area (Å²) >= 11 is 1.06. The lowest BCUT2D eigenvalue weighted by Gasteiger charge is -2.13. The molecule has 34 heavy (non-hydrogen) atoms. The van der Waals surface area contributed by atoms with Crippen LogP contribution in [0.1, 0.15) is 53.7 Å². The maximum atomic E-state index is 13.1. The van der Waals surface area contributed by atoms with Gasteiger partial charge in [-0.3, -0.25) is 18.9 Å². The van der Waals surface area contributed by atoms with Gasteiger partial charge in [-0.2, -0.15) is 0 Å². The summed E-state index contributed by atoms with van der Waals surface area (Å²) in [6, 6.07) is 12.5. The van der Waals surface area contributed by atoms with E-state index in [-0.39, 0.29) is 28.5 Å². The van der Waals surface area contributed by atoms with Crippen LogP contribution in [0.5, 0.6) is 0 Å². The van der Waals surface area contributed by atoms with Crippen LogP contribution >= 0.6 is 11.3 Å². The van der Waals surface area contributed by atoms with Gasteiger partial charge in [0.15, 0.2) is 0 Å². The lowest BCUT2D eigenvalue weighted by Crippen LogP contribution is -2.38. The number of nitrogens with zero attached hydrogens (tertiary/aromatic N) is 3. The summed E-state index contributed by atoms with van der Waals surface area (Å²) in [7, 11) is 1.38. The number of hydrogen-bond donors (Lipinski definition) is 1. The first-order valence-corrected chi connectivity index (χ1v) is 11.7. The van der Waals surface area contributed by atoms with Crippen LogP contribution in [-0.4, -0.2) is 31.8 Å². The molecule has 0 aliphatic rings. The molecule has 1 atom stereocenters. The summed E-state index contributed by atoms with van der Waals surface area (Å²) in [4.78, 5) is 43.8. The monoisotopic (exact) mass is 479 g/mol. The van der Waals surface area contributed by atoms with Crippen molar-refractivity contribution in [1.29, 1.82) is 0 Å². The molecule has 0 radical (unpaired) electrons. The van der Waals surface area contributed by atoms with E-state index in [9.17, 15) is 19.5 Å². The topological polar surface area (TPSA) is 103 Å². The Hall–Kier alpha value is -3.56. The van der Waals surface area contributed by atoms with Crippen molar-refractivity contribution in [3.63, 3.8) is 0 Å². The predicted octanol–water partition coefficient (Wildman–Crippen LogP) is 3.66. The van der Waals surface area contributed by atoms with E-state index in [2.05, 4.69) is 4.98 Å². The summed E-state index contributed by atoms with van der Waals surface area (Å²) < 4.78 is 7.68. The number of pyridine rings is 1. The lowest BCUT2D eigenvalue weighted by molar-refractivity contribution is 0.0524. The molecule has 0 fully saturated rings. The fourth-order valence-electron chi connectivity index (χ4n) is 3.88. The van der Waals surface area contributed by atoms with Gasteiger partial charge < -0.3 is 9.84 Å². The van der Waals surface area contributed by atoms with Crippen molar-refractivity contribution in [2.45, 2.75) is 32.9 Å². The van der Waals surface area contributed by atoms with Crippen LogP contribution in [0.25, 0.3) is 21.5 Å². The highest BCUT2D eigenvalue weighted by molar-refractivity contribution is 7.19. The van der Waals surface area contributed by atoms with Gasteiger partial charge in [0.05, 0.1) is 28.1 Å². The molecule has 176 valence electrons. The van der Waals surface area contributed by atoms with Crippen LogP contribution in [-0.2, 0) is 11.8 Å². The van der Waals surface area contributed by atoms with E-state index < -0.39 is 23.3 Å². The number of aliphatic hydroxyl groups is 1. The number of esters is 1. The van der Waals surface area contributed by atoms with Gasteiger partial charge in [-0.1, -0.05) is 30.3 Å². The molecule has 1 aromatic carbocycles.